The minimum Gasteiger partial charge on any atom is -0.468 e. The Balaban J connectivity index is 1.97. The predicted molar refractivity (Wildman–Crippen MR) is 153 cm³/mol. The van der Waals surface area contributed by atoms with Gasteiger partial charge in [0.2, 0.25) is 10.0 Å². The van der Waals surface area contributed by atoms with E-state index >= 15 is 0 Å². The molecule has 0 saturated carbocycles. The van der Waals surface area contributed by atoms with Crippen LogP contribution in [0.3, 0.4) is 0 Å². The number of aromatic nitrogens is 1. The van der Waals surface area contributed by atoms with Gasteiger partial charge in [0.05, 0.1) is 34.4 Å². The Kier molecular flexibility index (Phi) is 11.2. The van der Waals surface area contributed by atoms with Crippen LogP contribution in [0.4, 0.5) is 0 Å². The molecule has 0 spiro atoms. The summed E-state index contributed by atoms with van der Waals surface area (Å²) in [4.78, 5) is 42.0. The summed E-state index contributed by atoms with van der Waals surface area (Å²) in [7, 11) is -2.44. The number of ether oxygens (including phenoxy) is 2. The second-order valence-corrected chi connectivity index (χ2v) is 11.9. The molecule has 216 valence electrons. The molecule has 12 heteroatoms. The summed E-state index contributed by atoms with van der Waals surface area (Å²) >= 11 is 1.13. The number of nitrogens with zero attached hydrogens (tertiary/aromatic N) is 3. The Morgan fingerprint density at radius 1 is 0.950 bits per heavy atom. The number of carbonyl (C=O) groups is 3. The number of esters is 2. The third-order valence-corrected chi connectivity index (χ3v) is 9.12. The minimum absolute atomic E-state index is 0.116. The monoisotopic (exact) mass is 589 g/mol. The number of hydrogen-bond donors (Lipinski definition) is 0. The molecular formula is C28H35N3O7S2. The van der Waals surface area contributed by atoms with Gasteiger partial charge >= 0.3 is 11.9 Å². The van der Waals surface area contributed by atoms with Gasteiger partial charge < -0.3 is 14.0 Å². The van der Waals surface area contributed by atoms with Gasteiger partial charge in [-0.2, -0.15) is 9.30 Å². The molecule has 0 N–H and O–H groups in total. The lowest BCUT2D eigenvalue weighted by Gasteiger charge is -2.22. The van der Waals surface area contributed by atoms with Crippen molar-refractivity contribution >= 4 is 49.4 Å². The van der Waals surface area contributed by atoms with Crippen molar-refractivity contribution in [2.75, 3.05) is 26.8 Å². The zero-order chi connectivity index (χ0) is 29.3. The number of rotatable bonds is 13. The minimum atomic E-state index is -3.70. The van der Waals surface area contributed by atoms with E-state index < -0.39 is 27.9 Å². The highest BCUT2D eigenvalue weighted by molar-refractivity contribution is 7.89. The number of thiazole rings is 1. The second kappa shape index (κ2) is 14.3. The average Bonchev–Trinajstić information content (AvgIpc) is 3.28. The van der Waals surface area contributed by atoms with Gasteiger partial charge in [0.25, 0.3) is 5.91 Å². The van der Waals surface area contributed by atoms with E-state index in [-0.39, 0.29) is 28.4 Å². The van der Waals surface area contributed by atoms with Gasteiger partial charge in [-0.1, -0.05) is 38.0 Å². The summed E-state index contributed by atoms with van der Waals surface area (Å²) in [6.07, 6.45) is 3.29. The van der Waals surface area contributed by atoms with E-state index in [0.29, 0.717) is 28.9 Å². The molecule has 2 aromatic carbocycles. The highest BCUT2D eigenvalue weighted by Crippen LogP contribution is 2.21. The van der Waals surface area contributed by atoms with Crippen molar-refractivity contribution < 1.29 is 32.3 Å². The molecule has 3 rings (SSSR count). The molecule has 10 nitrogen and oxygen atoms in total. The fraction of sp³-hybridized carbons (Fsp3) is 0.429. The standard InChI is InChI=1S/C28H35N3O7S2/c1-5-8-16-30(17-9-6-2)40(35,36)22-13-10-20(11-14-22)26(33)29-28-31(19-25(32)37-4)23-15-12-21(18-24(23)39-28)27(34)38-7-3/h10-15,18H,5-9,16-17,19H2,1-4H3. The maximum absolute atomic E-state index is 13.2. The lowest BCUT2D eigenvalue weighted by Crippen LogP contribution is -2.33. The molecule has 0 aliphatic rings. The van der Waals surface area contributed by atoms with E-state index in [1.165, 1.54) is 40.2 Å². The first kappa shape index (κ1) is 31.2. The summed E-state index contributed by atoms with van der Waals surface area (Å²) in [5, 5.41) is 0. The van der Waals surface area contributed by atoms with Gasteiger partial charge in [-0.3, -0.25) is 9.59 Å². The van der Waals surface area contributed by atoms with Gasteiger partial charge in [0.15, 0.2) is 4.80 Å². The summed E-state index contributed by atoms with van der Waals surface area (Å²) in [6.45, 7) is 6.67. The Morgan fingerprint density at radius 2 is 1.57 bits per heavy atom. The smallest absolute Gasteiger partial charge is 0.338 e. The summed E-state index contributed by atoms with van der Waals surface area (Å²) < 4.78 is 40.0. The van der Waals surface area contributed by atoms with Crippen molar-refractivity contribution in [1.82, 2.24) is 8.87 Å². The van der Waals surface area contributed by atoms with Crippen LogP contribution < -0.4 is 4.80 Å². The third-order valence-electron chi connectivity index (χ3n) is 6.17. The molecule has 0 bridgehead atoms. The number of amides is 1. The van der Waals surface area contributed by atoms with E-state index in [9.17, 15) is 22.8 Å². The zero-order valence-electron chi connectivity index (χ0n) is 23.2. The van der Waals surface area contributed by atoms with Crippen molar-refractivity contribution in [3.8, 4) is 0 Å². The highest BCUT2D eigenvalue weighted by Gasteiger charge is 2.24. The van der Waals surface area contributed by atoms with Crippen LogP contribution >= 0.6 is 11.3 Å². The number of sulfonamides is 1. The van der Waals surface area contributed by atoms with Crippen LogP contribution in [0, 0.1) is 0 Å². The van der Waals surface area contributed by atoms with Crippen molar-refractivity contribution in [1.29, 1.82) is 0 Å². The van der Waals surface area contributed by atoms with Crippen LogP contribution in [0.25, 0.3) is 10.2 Å². The molecule has 0 aliphatic heterocycles. The summed E-state index contributed by atoms with van der Waals surface area (Å²) in [5.41, 5.74) is 1.13. The molecule has 0 aliphatic carbocycles. The van der Waals surface area contributed by atoms with E-state index in [2.05, 4.69) is 4.99 Å². The number of carbonyl (C=O) groups excluding carboxylic acids is 3. The SMILES string of the molecule is CCCCN(CCCC)S(=O)(=O)c1ccc(C(=O)N=c2sc3cc(C(=O)OCC)ccc3n2CC(=O)OC)cc1. The number of methoxy groups -OCH3 is 1. The van der Waals surface area contributed by atoms with Crippen LogP contribution in [-0.2, 0) is 30.8 Å². The van der Waals surface area contributed by atoms with Gasteiger partial charge in [-0.15, -0.1) is 0 Å². The molecule has 40 heavy (non-hydrogen) atoms. The second-order valence-electron chi connectivity index (χ2n) is 9.00. The van der Waals surface area contributed by atoms with Crippen molar-refractivity contribution in [2.24, 2.45) is 4.99 Å². The molecule has 1 amide bonds. The lowest BCUT2D eigenvalue weighted by atomic mass is 10.2. The van der Waals surface area contributed by atoms with E-state index in [1.807, 2.05) is 13.8 Å². The Bertz CT molecular complexity index is 1520. The molecule has 0 atom stereocenters. The van der Waals surface area contributed by atoms with Crippen LogP contribution in [0.15, 0.2) is 52.4 Å². The van der Waals surface area contributed by atoms with Crippen molar-refractivity contribution in [3.05, 3.63) is 58.4 Å². The maximum atomic E-state index is 13.2. The normalized spacial score (nSPS) is 12.2. The number of benzene rings is 2. The first-order valence-electron chi connectivity index (χ1n) is 13.2. The first-order chi connectivity index (χ1) is 19.2. The summed E-state index contributed by atoms with van der Waals surface area (Å²) in [5.74, 6) is -1.62. The fourth-order valence-electron chi connectivity index (χ4n) is 3.94. The molecular weight excluding hydrogens is 554 g/mol. The molecule has 0 fully saturated rings. The fourth-order valence-corrected chi connectivity index (χ4v) is 6.52. The lowest BCUT2D eigenvalue weighted by molar-refractivity contribution is -0.141. The van der Waals surface area contributed by atoms with E-state index in [1.54, 1.807) is 25.1 Å². The largest absolute Gasteiger partial charge is 0.468 e. The van der Waals surface area contributed by atoms with Crippen LogP contribution in [0.5, 0.6) is 0 Å². The average molecular weight is 590 g/mol. The van der Waals surface area contributed by atoms with Crippen LogP contribution in [0.1, 0.15) is 67.2 Å². The Labute approximate surface area is 238 Å². The molecule has 3 aromatic rings. The first-order valence-corrected chi connectivity index (χ1v) is 15.5. The number of hydrogen-bond acceptors (Lipinski definition) is 8. The van der Waals surface area contributed by atoms with Gasteiger partial charge in [-0.05, 0) is 62.2 Å². The number of unbranched alkanes of at least 4 members (excludes halogenated alkanes) is 2. The van der Waals surface area contributed by atoms with Crippen LogP contribution in [0.2, 0.25) is 0 Å². The van der Waals surface area contributed by atoms with Gasteiger partial charge in [0.1, 0.15) is 6.54 Å². The molecule has 1 heterocycles. The van der Waals surface area contributed by atoms with Gasteiger partial charge in [-0.25, -0.2) is 13.2 Å². The van der Waals surface area contributed by atoms with E-state index in [4.69, 9.17) is 9.47 Å². The van der Waals surface area contributed by atoms with Crippen LogP contribution in [-0.4, -0.2) is 61.9 Å². The number of fused-ring (bicyclic) bond motifs is 1. The zero-order valence-corrected chi connectivity index (χ0v) is 24.8. The Hall–Kier alpha value is -3.35. The molecule has 0 saturated heterocycles. The highest BCUT2D eigenvalue weighted by atomic mass is 32.2. The molecule has 1 aromatic heterocycles. The summed E-state index contributed by atoms with van der Waals surface area (Å²) in [6, 6.07) is 10.6. The topological polar surface area (TPSA) is 124 Å². The molecule has 0 radical (unpaired) electrons. The maximum Gasteiger partial charge on any atom is 0.338 e. The van der Waals surface area contributed by atoms with Gasteiger partial charge in [0, 0.05) is 18.7 Å². The third kappa shape index (κ3) is 7.43. The van der Waals surface area contributed by atoms with Crippen molar-refractivity contribution in [2.45, 2.75) is 57.9 Å². The predicted octanol–water partition coefficient (Wildman–Crippen LogP) is 4.38. The van der Waals surface area contributed by atoms with E-state index in [0.717, 1.165) is 37.0 Å². The van der Waals surface area contributed by atoms with Crippen molar-refractivity contribution in [3.63, 3.8) is 0 Å². The molecule has 0 unspecified atom stereocenters. The quantitative estimate of drug-likeness (QED) is 0.271. The Morgan fingerprint density at radius 3 is 2.15 bits per heavy atom.